The third kappa shape index (κ3) is 4.40. The number of hydrazone groups is 1. The van der Waals surface area contributed by atoms with Crippen molar-refractivity contribution in [1.82, 2.24) is 4.98 Å². The van der Waals surface area contributed by atoms with E-state index in [4.69, 9.17) is 16.0 Å². The van der Waals surface area contributed by atoms with Gasteiger partial charge in [-0.1, -0.05) is 41.4 Å². The Morgan fingerprint density at radius 3 is 2.77 bits per heavy atom. The summed E-state index contributed by atoms with van der Waals surface area (Å²) in [5, 5.41) is 18.3. The van der Waals surface area contributed by atoms with Crippen LogP contribution in [-0.2, 0) is 0 Å². The molecule has 0 aliphatic rings. The highest BCUT2D eigenvalue weighted by atomic mass is 35.5. The number of nitrogens with zero attached hydrogens (tertiary/aromatic N) is 3. The highest BCUT2D eigenvalue weighted by Gasteiger charge is 2.18. The fourth-order valence-electron chi connectivity index (χ4n) is 2.76. The third-order valence-corrected chi connectivity index (χ3v) is 5.23. The van der Waals surface area contributed by atoms with Crippen molar-refractivity contribution in [3.8, 4) is 22.6 Å². The second-order valence-corrected chi connectivity index (χ2v) is 7.69. The van der Waals surface area contributed by atoms with E-state index in [-0.39, 0.29) is 10.7 Å². The number of nitro benzene ring substituents is 1. The van der Waals surface area contributed by atoms with Gasteiger partial charge in [0.1, 0.15) is 11.5 Å². The maximum atomic E-state index is 11.3. The standard InChI is InChI=1S/C21H15ClN4O3S/c1-13-2-4-14(5-3-13)18-12-30-21(24-18)25-23-11-16-7-9-20(29-16)17-8-6-15(22)10-19(17)26(27)28/h2-12H,1H3,(H,24,25)/b23-11+. The quantitative estimate of drug-likeness (QED) is 0.214. The van der Waals surface area contributed by atoms with Crippen molar-refractivity contribution in [2.45, 2.75) is 6.92 Å². The number of aromatic nitrogens is 1. The summed E-state index contributed by atoms with van der Waals surface area (Å²) < 4.78 is 5.67. The number of rotatable bonds is 6. The number of benzene rings is 2. The van der Waals surface area contributed by atoms with Crippen LogP contribution >= 0.6 is 22.9 Å². The number of anilines is 1. The number of thiazole rings is 1. The van der Waals surface area contributed by atoms with Crippen LogP contribution in [0.5, 0.6) is 0 Å². The van der Waals surface area contributed by atoms with Gasteiger partial charge in [-0.15, -0.1) is 11.3 Å². The minimum absolute atomic E-state index is 0.120. The lowest BCUT2D eigenvalue weighted by molar-refractivity contribution is -0.384. The number of hydrogen-bond acceptors (Lipinski definition) is 7. The Morgan fingerprint density at radius 2 is 2.00 bits per heavy atom. The molecule has 150 valence electrons. The maximum Gasteiger partial charge on any atom is 0.281 e. The average molecular weight is 439 g/mol. The summed E-state index contributed by atoms with van der Waals surface area (Å²) in [5.41, 5.74) is 6.20. The molecule has 0 spiro atoms. The van der Waals surface area contributed by atoms with E-state index < -0.39 is 4.92 Å². The molecule has 2 heterocycles. The lowest BCUT2D eigenvalue weighted by Gasteiger charge is -2.00. The molecule has 2 aromatic carbocycles. The monoisotopic (exact) mass is 438 g/mol. The SMILES string of the molecule is Cc1ccc(-c2csc(N/N=C/c3ccc(-c4ccc(Cl)cc4[N+](=O)[O-])o3)n2)cc1. The lowest BCUT2D eigenvalue weighted by Crippen LogP contribution is -1.91. The molecule has 0 aliphatic carbocycles. The number of furan rings is 1. The molecule has 0 unspecified atom stereocenters. The van der Waals surface area contributed by atoms with Crippen LogP contribution in [0.15, 0.2) is 69.5 Å². The predicted molar refractivity (Wildman–Crippen MR) is 119 cm³/mol. The van der Waals surface area contributed by atoms with Gasteiger partial charge in [-0.05, 0) is 31.2 Å². The Morgan fingerprint density at radius 1 is 1.20 bits per heavy atom. The molecular weight excluding hydrogens is 424 g/mol. The minimum Gasteiger partial charge on any atom is -0.455 e. The molecule has 0 amide bonds. The number of nitro groups is 1. The Balaban J connectivity index is 1.46. The number of nitrogens with one attached hydrogen (secondary N) is 1. The third-order valence-electron chi connectivity index (χ3n) is 4.25. The molecule has 0 saturated heterocycles. The predicted octanol–water partition coefficient (Wildman–Crippen LogP) is 6.39. The van der Waals surface area contributed by atoms with E-state index in [0.717, 1.165) is 11.3 Å². The van der Waals surface area contributed by atoms with Crippen LogP contribution in [0.2, 0.25) is 5.02 Å². The van der Waals surface area contributed by atoms with Crippen molar-refractivity contribution < 1.29 is 9.34 Å². The summed E-state index contributed by atoms with van der Waals surface area (Å²) in [7, 11) is 0. The van der Waals surface area contributed by atoms with E-state index in [0.29, 0.717) is 22.2 Å². The van der Waals surface area contributed by atoms with E-state index in [1.54, 1.807) is 24.3 Å². The molecule has 2 aromatic heterocycles. The van der Waals surface area contributed by atoms with Crippen LogP contribution in [0.1, 0.15) is 11.3 Å². The second-order valence-electron chi connectivity index (χ2n) is 6.39. The Kier molecular flexibility index (Phi) is 5.60. The summed E-state index contributed by atoms with van der Waals surface area (Å²) in [6.45, 7) is 2.04. The summed E-state index contributed by atoms with van der Waals surface area (Å²) in [6.07, 6.45) is 1.48. The van der Waals surface area contributed by atoms with Crippen LogP contribution in [-0.4, -0.2) is 16.1 Å². The van der Waals surface area contributed by atoms with E-state index in [2.05, 4.69) is 15.5 Å². The smallest absolute Gasteiger partial charge is 0.281 e. The molecule has 0 atom stereocenters. The lowest BCUT2D eigenvalue weighted by atomic mass is 10.1. The van der Waals surface area contributed by atoms with Crippen LogP contribution in [0.3, 0.4) is 0 Å². The topological polar surface area (TPSA) is 93.6 Å². The van der Waals surface area contributed by atoms with Gasteiger partial charge in [0.15, 0.2) is 0 Å². The zero-order chi connectivity index (χ0) is 21.1. The molecule has 0 aliphatic heterocycles. The largest absolute Gasteiger partial charge is 0.455 e. The molecule has 0 radical (unpaired) electrons. The molecule has 0 bridgehead atoms. The van der Waals surface area contributed by atoms with Gasteiger partial charge in [-0.3, -0.25) is 15.5 Å². The van der Waals surface area contributed by atoms with Gasteiger partial charge in [0.2, 0.25) is 5.13 Å². The van der Waals surface area contributed by atoms with Gasteiger partial charge >= 0.3 is 0 Å². The molecule has 9 heteroatoms. The summed E-state index contributed by atoms with van der Waals surface area (Å²) in [6, 6.07) is 15.9. The van der Waals surface area contributed by atoms with Gasteiger partial charge in [0.25, 0.3) is 5.69 Å². The fourth-order valence-corrected chi connectivity index (χ4v) is 3.60. The van der Waals surface area contributed by atoms with Crippen LogP contribution in [0, 0.1) is 17.0 Å². The van der Waals surface area contributed by atoms with Crippen molar-refractivity contribution in [2.75, 3.05) is 5.43 Å². The number of halogens is 1. The molecule has 4 rings (SSSR count). The van der Waals surface area contributed by atoms with Crippen molar-refractivity contribution >= 4 is 40.0 Å². The van der Waals surface area contributed by atoms with Gasteiger partial charge < -0.3 is 4.42 Å². The molecule has 4 aromatic rings. The van der Waals surface area contributed by atoms with E-state index in [1.807, 2.05) is 36.6 Å². The Labute approximate surface area is 180 Å². The molecule has 0 saturated carbocycles. The van der Waals surface area contributed by atoms with Gasteiger partial charge in [-0.25, -0.2) is 4.98 Å². The average Bonchev–Trinajstić information content (AvgIpc) is 3.38. The first kappa shape index (κ1) is 19.8. The fraction of sp³-hybridized carbons (Fsp3) is 0.0476. The van der Waals surface area contributed by atoms with Crippen molar-refractivity contribution in [3.05, 3.63) is 86.4 Å². The summed E-state index contributed by atoms with van der Waals surface area (Å²) in [5.74, 6) is 0.799. The van der Waals surface area contributed by atoms with E-state index >= 15 is 0 Å². The zero-order valence-corrected chi connectivity index (χ0v) is 17.3. The molecule has 1 N–H and O–H groups in total. The summed E-state index contributed by atoms with van der Waals surface area (Å²) >= 11 is 7.30. The normalized spacial score (nSPS) is 11.1. The van der Waals surface area contributed by atoms with E-state index in [9.17, 15) is 10.1 Å². The van der Waals surface area contributed by atoms with Gasteiger partial charge in [-0.2, -0.15) is 5.10 Å². The zero-order valence-electron chi connectivity index (χ0n) is 15.7. The van der Waals surface area contributed by atoms with Crippen molar-refractivity contribution in [1.29, 1.82) is 0 Å². The Hall–Kier alpha value is -3.49. The maximum absolute atomic E-state index is 11.3. The van der Waals surface area contributed by atoms with E-state index in [1.165, 1.54) is 29.2 Å². The van der Waals surface area contributed by atoms with Crippen LogP contribution in [0.25, 0.3) is 22.6 Å². The van der Waals surface area contributed by atoms with Crippen molar-refractivity contribution in [2.24, 2.45) is 5.10 Å². The molecular formula is C21H15ClN4O3S. The molecule has 0 fully saturated rings. The molecule has 30 heavy (non-hydrogen) atoms. The summed E-state index contributed by atoms with van der Waals surface area (Å²) in [4.78, 5) is 15.3. The van der Waals surface area contributed by atoms with Crippen LogP contribution in [0.4, 0.5) is 10.8 Å². The second kappa shape index (κ2) is 8.48. The Bertz CT molecular complexity index is 1230. The highest BCUT2D eigenvalue weighted by Crippen LogP contribution is 2.33. The number of hydrogen-bond donors (Lipinski definition) is 1. The van der Waals surface area contributed by atoms with Crippen molar-refractivity contribution in [3.63, 3.8) is 0 Å². The van der Waals surface area contributed by atoms with Gasteiger partial charge in [0.05, 0.1) is 22.4 Å². The van der Waals surface area contributed by atoms with Crippen LogP contribution < -0.4 is 5.43 Å². The highest BCUT2D eigenvalue weighted by molar-refractivity contribution is 7.14. The molecule has 7 nitrogen and oxygen atoms in total. The van der Waals surface area contributed by atoms with Gasteiger partial charge in [0, 0.05) is 22.0 Å². The minimum atomic E-state index is -0.493. The first-order valence-electron chi connectivity index (χ1n) is 8.85. The first-order chi connectivity index (χ1) is 14.5. The first-order valence-corrected chi connectivity index (χ1v) is 10.1. The number of aryl methyl sites for hydroxylation is 1.